The Morgan fingerprint density at radius 2 is 2.30 bits per heavy atom. The van der Waals surface area contributed by atoms with Crippen molar-refractivity contribution in [3.8, 4) is 0 Å². The largest absolute Gasteiger partial charge is 0.364 e. The smallest absolute Gasteiger partial charge is 0.271 e. The SMILES string of the molecule is O=[N+]([O-])c1ccc(N2CCC[C@@H]2c2ccon2)c(Cl)c1. The van der Waals surface area contributed by atoms with Gasteiger partial charge in [0.25, 0.3) is 5.69 Å². The van der Waals surface area contributed by atoms with Gasteiger partial charge in [-0.05, 0) is 18.9 Å². The molecule has 1 aliphatic heterocycles. The molecule has 1 aliphatic rings. The summed E-state index contributed by atoms with van der Waals surface area (Å²) >= 11 is 6.19. The lowest BCUT2D eigenvalue weighted by Gasteiger charge is -2.26. The number of anilines is 1. The van der Waals surface area contributed by atoms with Gasteiger partial charge in [-0.25, -0.2) is 0 Å². The average molecular weight is 294 g/mol. The lowest BCUT2D eigenvalue weighted by atomic mass is 10.1. The number of hydrogen-bond donors (Lipinski definition) is 0. The number of rotatable bonds is 3. The number of nitro groups is 1. The van der Waals surface area contributed by atoms with E-state index in [4.69, 9.17) is 16.1 Å². The van der Waals surface area contributed by atoms with Crippen LogP contribution in [0.15, 0.2) is 35.1 Å². The van der Waals surface area contributed by atoms with Crippen LogP contribution < -0.4 is 4.90 Å². The summed E-state index contributed by atoms with van der Waals surface area (Å²) in [6, 6.07) is 6.49. The van der Waals surface area contributed by atoms with E-state index in [1.807, 2.05) is 6.07 Å². The fourth-order valence-corrected chi connectivity index (χ4v) is 2.88. The summed E-state index contributed by atoms with van der Waals surface area (Å²) in [6.45, 7) is 0.842. The van der Waals surface area contributed by atoms with Gasteiger partial charge >= 0.3 is 0 Å². The van der Waals surface area contributed by atoms with Gasteiger partial charge in [0.1, 0.15) is 12.0 Å². The molecular formula is C13H12ClN3O3. The number of aromatic nitrogens is 1. The first-order chi connectivity index (χ1) is 9.66. The van der Waals surface area contributed by atoms with Gasteiger partial charge in [-0.2, -0.15) is 0 Å². The summed E-state index contributed by atoms with van der Waals surface area (Å²) < 4.78 is 4.89. The van der Waals surface area contributed by atoms with Gasteiger partial charge in [0.2, 0.25) is 0 Å². The van der Waals surface area contributed by atoms with Crippen molar-refractivity contribution in [1.82, 2.24) is 5.16 Å². The number of halogens is 1. The maximum absolute atomic E-state index is 10.7. The highest BCUT2D eigenvalue weighted by molar-refractivity contribution is 6.33. The molecule has 0 amide bonds. The van der Waals surface area contributed by atoms with Crippen molar-refractivity contribution in [3.05, 3.63) is 51.4 Å². The van der Waals surface area contributed by atoms with E-state index in [-0.39, 0.29) is 11.7 Å². The van der Waals surface area contributed by atoms with Crippen molar-refractivity contribution in [2.24, 2.45) is 0 Å². The molecule has 1 fully saturated rings. The maximum atomic E-state index is 10.7. The number of non-ortho nitro benzene ring substituents is 1. The molecule has 2 aromatic rings. The van der Waals surface area contributed by atoms with Gasteiger partial charge in [-0.3, -0.25) is 10.1 Å². The molecule has 1 atom stereocenters. The van der Waals surface area contributed by atoms with Gasteiger partial charge in [0.15, 0.2) is 0 Å². The second-order valence-corrected chi connectivity index (χ2v) is 5.08. The molecule has 0 unspecified atom stereocenters. The molecule has 20 heavy (non-hydrogen) atoms. The highest BCUT2D eigenvalue weighted by Crippen LogP contribution is 2.39. The first kappa shape index (κ1) is 12.9. The molecule has 0 N–H and O–H groups in total. The molecule has 1 aromatic heterocycles. The Labute approximate surface area is 120 Å². The molecule has 3 rings (SSSR count). The van der Waals surface area contributed by atoms with Crippen molar-refractivity contribution in [2.75, 3.05) is 11.4 Å². The van der Waals surface area contributed by atoms with Crippen LogP contribution in [-0.2, 0) is 0 Å². The topological polar surface area (TPSA) is 72.4 Å². The summed E-state index contributed by atoms with van der Waals surface area (Å²) in [7, 11) is 0. The molecule has 1 aromatic carbocycles. The third-order valence-corrected chi connectivity index (χ3v) is 3.81. The Hall–Kier alpha value is -2.08. The van der Waals surface area contributed by atoms with Gasteiger partial charge in [0, 0.05) is 24.7 Å². The molecule has 0 bridgehead atoms. The second kappa shape index (κ2) is 5.13. The minimum atomic E-state index is -0.450. The van der Waals surface area contributed by atoms with Crippen molar-refractivity contribution in [2.45, 2.75) is 18.9 Å². The van der Waals surface area contributed by atoms with Crippen molar-refractivity contribution in [3.63, 3.8) is 0 Å². The molecule has 1 saturated heterocycles. The summed E-state index contributed by atoms with van der Waals surface area (Å²) in [6.07, 6.45) is 3.52. The molecule has 0 saturated carbocycles. The summed E-state index contributed by atoms with van der Waals surface area (Å²) in [5.74, 6) is 0. The van der Waals surface area contributed by atoms with E-state index in [1.165, 1.54) is 12.1 Å². The van der Waals surface area contributed by atoms with E-state index >= 15 is 0 Å². The third-order valence-electron chi connectivity index (χ3n) is 3.50. The van der Waals surface area contributed by atoms with Gasteiger partial charge in [-0.1, -0.05) is 16.8 Å². The summed E-state index contributed by atoms with van der Waals surface area (Å²) in [5.41, 5.74) is 1.65. The van der Waals surface area contributed by atoms with Crippen LogP contribution in [0, 0.1) is 10.1 Å². The van der Waals surface area contributed by atoms with Gasteiger partial charge in [-0.15, -0.1) is 0 Å². The average Bonchev–Trinajstić information content (AvgIpc) is 3.09. The van der Waals surface area contributed by atoms with E-state index in [2.05, 4.69) is 10.1 Å². The van der Waals surface area contributed by atoms with E-state index < -0.39 is 4.92 Å². The zero-order valence-corrected chi connectivity index (χ0v) is 11.3. The van der Waals surface area contributed by atoms with Crippen LogP contribution in [-0.4, -0.2) is 16.6 Å². The zero-order valence-electron chi connectivity index (χ0n) is 10.5. The van der Waals surface area contributed by atoms with Crippen LogP contribution in [0.2, 0.25) is 5.02 Å². The number of nitro benzene ring substituents is 1. The predicted molar refractivity (Wildman–Crippen MR) is 73.9 cm³/mol. The van der Waals surface area contributed by atoms with Crippen molar-refractivity contribution >= 4 is 23.0 Å². The normalized spacial score (nSPS) is 18.4. The highest BCUT2D eigenvalue weighted by atomic mass is 35.5. The Balaban J connectivity index is 1.94. The standard InChI is InChI=1S/C13H12ClN3O3/c14-10-8-9(17(18)19)3-4-12(10)16-6-1-2-13(16)11-5-7-20-15-11/h3-5,7-8,13H,1-2,6H2/t13-/m1/s1. The second-order valence-electron chi connectivity index (χ2n) is 4.67. The van der Waals surface area contributed by atoms with E-state index in [0.717, 1.165) is 30.8 Å². The van der Waals surface area contributed by atoms with Crippen LogP contribution >= 0.6 is 11.6 Å². The van der Waals surface area contributed by atoms with Crippen LogP contribution in [0.25, 0.3) is 0 Å². The highest BCUT2D eigenvalue weighted by Gasteiger charge is 2.29. The van der Waals surface area contributed by atoms with Crippen LogP contribution in [0.1, 0.15) is 24.6 Å². The zero-order chi connectivity index (χ0) is 14.1. The Kier molecular flexibility index (Phi) is 3.31. The quantitative estimate of drug-likeness (QED) is 0.639. The maximum Gasteiger partial charge on any atom is 0.271 e. The van der Waals surface area contributed by atoms with E-state index in [0.29, 0.717) is 5.02 Å². The first-order valence-corrected chi connectivity index (χ1v) is 6.65. The molecule has 6 nitrogen and oxygen atoms in total. The molecule has 0 radical (unpaired) electrons. The van der Waals surface area contributed by atoms with Crippen molar-refractivity contribution < 1.29 is 9.45 Å². The Morgan fingerprint density at radius 3 is 2.95 bits per heavy atom. The number of nitrogens with zero attached hydrogens (tertiary/aromatic N) is 3. The minimum absolute atomic E-state index is 0.00377. The summed E-state index contributed by atoms with van der Waals surface area (Å²) in [5, 5.41) is 15.1. The molecule has 0 aliphatic carbocycles. The molecule has 7 heteroatoms. The fourth-order valence-electron chi connectivity index (χ4n) is 2.60. The fraction of sp³-hybridized carbons (Fsp3) is 0.308. The van der Waals surface area contributed by atoms with E-state index in [9.17, 15) is 10.1 Å². The monoisotopic (exact) mass is 293 g/mol. The number of benzene rings is 1. The Bertz CT molecular complexity index is 630. The van der Waals surface area contributed by atoms with E-state index in [1.54, 1.807) is 12.3 Å². The van der Waals surface area contributed by atoms with Gasteiger partial charge in [0.05, 0.1) is 21.7 Å². The molecular weight excluding hydrogens is 282 g/mol. The molecule has 0 spiro atoms. The first-order valence-electron chi connectivity index (χ1n) is 6.27. The minimum Gasteiger partial charge on any atom is -0.364 e. The lowest BCUT2D eigenvalue weighted by molar-refractivity contribution is -0.384. The summed E-state index contributed by atoms with van der Waals surface area (Å²) in [4.78, 5) is 12.4. The van der Waals surface area contributed by atoms with Gasteiger partial charge < -0.3 is 9.42 Å². The predicted octanol–water partition coefficient (Wildman–Crippen LogP) is 3.58. The van der Waals surface area contributed by atoms with Crippen LogP contribution in [0.4, 0.5) is 11.4 Å². The Morgan fingerprint density at radius 1 is 1.45 bits per heavy atom. The molecule has 104 valence electrons. The van der Waals surface area contributed by atoms with Crippen LogP contribution in [0.3, 0.4) is 0 Å². The number of hydrogen-bond acceptors (Lipinski definition) is 5. The third kappa shape index (κ3) is 2.22. The molecule has 2 heterocycles. The van der Waals surface area contributed by atoms with Crippen molar-refractivity contribution in [1.29, 1.82) is 0 Å². The lowest BCUT2D eigenvalue weighted by Crippen LogP contribution is -2.23. The van der Waals surface area contributed by atoms with Crippen LogP contribution in [0.5, 0.6) is 0 Å².